The number of hydrogen-bond donors (Lipinski definition) is 1. The summed E-state index contributed by atoms with van der Waals surface area (Å²) in [7, 11) is 0. The van der Waals surface area contributed by atoms with Gasteiger partial charge >= 0.3 is 5.63 Å². The summed E-state index contributed by atoms with van der Waals surface area (Å²) in [6.45, 7) is 4.20. The van der Waals surface area contributed by atoms with Crippen LogP contribution in [-0.4, -0.2) is 38.7 Å². The van der Waals surface area contributed by atoms with Crippen molar-refractivity contribution in [3.05, 3.63) is 51.6 Å². The minimum atomic E-state index is -0.755. The smallest absolute Gasteiger partial charge is 0.339 e. The molecule has 0 saturated heterocycles. The first kappa shape index (κ1) is 20.4. The standard InChI is InChI=1S/C20H24ClN3O4/c1-3-17-13(2)18-7-6-16(9-19(18)28-20(17)26)27-12-15(25)11-24-10-14(22-23-24)5-4-8-21/h6-7,9-10,15,25H,3-5,8,11-12H2,1-2H3. The van der Waals surface area contributed by atoms with Gasteiger partial charge in [-0.05, 0) is 43.9 Å². The van der Waals surface area contributed by atoms with E-state index in [9.17, 15) is 9.90 Å². The van der Waals surface area contributed by atoms with E-state index in [1.165, 1.54) is 0 Å². The largest absolute Gasteiger partial charge is 0.491 e. The van der Waals surface area contributed by atoms with Crippen molar-refractivity contribution in [3.8, 4) is 5.75 Å². The summed E-state index contributed by atoms with van der Waals surface area (Å²) in [5, 5.41) is 19.1. The fourth-order valence-corrected chi connectivity index (χ4v) is 3.26. The Morgan fingerprint density at radius 1 is 1.39 bits per heavy atom. The molecular formula is C20H24ClN3O4. The van der Waals surface area contributed by atoms with Gasteiger partial charge in [-0.2, -0.15) is 0 Å². The molecule has 1 aromatic carbocycles. The highest BCUT2D eigenvalue weighted by atomic mass is 35.5. The van der Waals surface area contributed by atoms with Crippen molar-refractivity contribution >= 4 is 22.6 Å². The molecule has 7 nitrogen and oxygen atoms in total. The number of aliphatic hydroxyl groups is 1. The minimum absolute atomic E-state index is 0.0820. The molecule has 0 spiro atoms. The maximum Gasteiger partial charge on any atom is 0.339 e. The predicted molar refractivity (Wildman–Crippen MR) is 107 cm³/mol. The molecule has 1 N–H and O–H groups in total. The second kappa shape index (κ2) is 9.21. The Hall–Kier alpha value is -2.38. The number of ether oxygens (including phenoxy) is 1. The van der Waals surface area contributed by atoms with Crippen LogP contribution in [0.4, 0.5) is 0 Å². The fraction of sp³-hybridized carbons (Fsp3) is 0.450. The molecule has 28 heavy (non-hydrogen) atoms. The lowest BCUT2D eigenvalue weighted by Crippen LogP contribution is -2.24. The molecule has 150 valence electrons. The van der Waals surface area contributed by atoms with E-state index in [1.54, 1.807) is 23.0 Å². The number of aryl methyl sites for hydroxylation is 2. The van der Waals surface area contributed by atoms with Crippen LogP contribution in [-0.2, 0) is 19.4 Å². The highest BCUT2D eigenvalue weighted by Gasteiger charge is 2.12. The van der Waals surface area contributed by atoms with Crippen LogP contribution in [0.25, 0.3) is 11.0 Å². The Balaban J connectivity index is 1.63. The number of halogens is 1. The van der Waals surface area contributed by atoms with Gasteiger partial charge in [0.25, 0.3) is 0 Å². The molecule has 0 aliphatic heterocycles. The maximum atomic E-state index is 12.1. The molecule has 8 heteroatoms. The summed E-state index contributed by atoms with van der Waals surface area (Å²) in [5.41, 5.74) is 2.62. The first-order chi connectivity index (χ1) is 13.5. The zero-order chi connectivity index (χ0) is 20.1. The van der Waals surface area contributed by atoms with E-state index in [0.29, 0.717) is 29.2 Å². The lowest BCUT2D eigenvalue weighted by molar-refractivity contribution is 0.0888. The van der Waals surface area contributed by atoms with Gasteiger partial charge in [-0.1, -0.05) is 12.1 Å². The average Bonchev–Trinajstić information content (AvgIpc) is 3.12. The fourth-order valence-electron chi connectivity index (χ4n) is 3.12. The van der Waals surface area contributed by atoms with E-state index >= 15 is 0 Å². The molecule has 3 rings (SSSR count). The summed E-state index contributed by atoms with van der Waals surface area (Å²) in [6.07, 6.45) is 3.27. The number of hydrogen-bond acceptors (Lipinski definition) is 6. The van der Waals surface area contributed by atoms with Crippen LogP contribution in [0, 0.1) is 6.92 Å². The third-order valence-corrected chi connectivity index (χ3v) is 4.87. The number of benzene rings is 1. The molecule has 2 aromatic heterocycles. The number of alkyl halides is 1. The number of aromatic nitrogens is 3. The van der Waals surface area contributed by atoms with Gasteiger partial charge in [0.2, 0.25) is 0 Å². The lowest BCUT2D eigenvalue weighted by Gasteiger charge is -2.13. The van der Waals surface area contributed by atoms with Gasteiger partial charge in [0, 0.05) is 29.1 Å². The van der Waals surface area contributed by atoms with Crippen LogP contribution in [0.2, 0.25) is 0 Å². The first-order valence-electron chi connectivity index (χ1n) is 9.34. The quantitative estimate of drug-likeness (QED) is 0.435. The highest BCUT2D eigenvalue weighted by Crippen LogP contribution is 2.24. The molecule has 1 unspecified atom stereocenters. The van der Waals surface area contributed by atoms with Gasteiger partial charge in [-0.15, -0.1) is 16.7 Å². The summed E-state index contributed by atoms with van der Waals surface area (Å²) in [4.78, 5) is 12.1. The molecule has 0 aliphatic carbocycles. The zero-order valence-electron chi connectivity index (χ0n) is 16.0. The van der Waals surface area contributed by atoms with Crippen molar-refractivity contribution in [3.63, 3.8) is 0 Å². The zero-order valence-corrected chi connectivity index (χ0v) is 16.8. The van der Waals surface area contributed by atoms with E-state index < -0.39 is 6.10 Å². The Bertz CT molecular complexity index is 999. The number of rotatable bonds is 9. The topological polar surface area (TPSA) is 90.4 Å². The first-order valence-corrected chi connectivity index (χ1v) is 9.87. The van der Waals surface area contributed by atoms with Crippen molar-refractivity contribution in [1.29, 1.82) is 0 Å². The van der Waals surface area contributed by atoms with E-state index in [2.05, 4.69) is 10.3 Å². The van der Waals surface area contributed by atoms with Crippen molar-refractivity contribution in [2.75, 3.05) is 12.5 Å². The Morgan fingerprint density at radius 2 is 2.21 bits per heavy atom. The van der Waals surface area contributed by atoms with Crippen molar-refractivity contribution in [1.82, 2.24) is 15.0 Å². The summed E-state index contributed by atoms with van der Waals surface area (Å²) in [5.74, 6) is 1.11. The monoisotopic (exact) mass is 405 g/mol. The van der Waals surface area contributed by atoms with Crippen molar-refractivity contribution < 1.29 is 14.3 Å². The van der Waals surface area contributed by atoms with E-state index in [4.69, 9.17) is 20.8 Å². The van der Waals surface area contributed by atoms with Gasteiger partial charge in [0.1, 0.15) is 24.0 Å². The van der Waals surface area contributed by atoms with E-state index in [1.807, 2.05) is 19.9 Å². The van der Waals surface area contributed by atoms with Crippen LogP contribution in [0.3, 0.4) is 0 Å². The van der Waals surface area contributed by atoms with Crippen LogP contribution >= 0.6 is 11.6 Å². The third kappa shape index (κ3) is 4.72. The highest BCUT2D eigenvalue weighted by molar-refractivity contribution is 6.17. The lowest BCUT2D eigenvalue weighted by atomic mass is 10.0. The van der Waals surface area contributed by atoms with Crippen LogP contribution < -0.4 is 10.4 Å². The Kier molecular flexibility index (Phi) is 6.70. The molecule has 0 radical (unpaired) electrons. The van der Waals surface area contributed by atoms with Gasteiger partial charge in [-0.25, -0.2) is 9.48 Å². The van der Waals surface area contributed by atoms with Gasteiger partial charge in [0.15, 0.2) is 0 Å². The minimum Gasteiger partial charge on any atom is -0.491 e. The Morgan fingerprint density at radius 3 is 2.96 bits per heavy atom. The second-order valence-corrected chi connectivity index (χ2v) is 7.07. The second-order valence-electron chi connectivity index (χ2n) is 6.69. The van der Waals surface area contributed by atoms with Gasteiger partial charge in [-0.3, -0.25) is 0 Å². The molecule has 0 fully saturated rings. The van der Waals surface area contributed by atoms with Gasteiger partial charge in [0.05, 0.1) is 12.2 Å². The van der Waals surface area contributed by atoms with Gasteiger partial charge < -0.3 is 14.3 Å². The number of nitrogens with zero attached hydrogens (tertiary/aromatic N) is 3. The summed E-state index contributed by atoms with van der Waals surface area (Å²) in [6, 6.07) is 5.35. The van der Waals surface area contributed by atoms with E-state index in [0.717, 1.165) is 29.5 Å². The predicted octanol–water partition coefficient (Wildman–Crippen LogP) is 2.87. The number of aliphatic hydroxyl groups excluding tert-OH is 1. The van der Waals surface area contributed by atoms with Crippen LogP contribution in [0.1, 0.15) is 30.2 Å². The van der Waals surface area contributed by atoms with Crippen molar-refractivity contribution in [2.45, 2.75) is 45.8 Å². The van der Waals surface area contributed by atoms with Crippen molar-refractivity contribution in [2.24, 2.45) is 0 Å². The average molecular weight is 406 g/mol. The summed E-state index contributed by atoms with van der Waals surface area (Å²) >= 11 is 5.68. The molecular weight excluding hydrogens is 382 g/mol. The van der Waals surface area contributed by atoms with E-state index in [-0.39, 0.29) is 18.8 Å². The normalized spacial score (nSPS) is 12.4. The molecule has 1 atom stereocenters. The molecule has 0 bridgehead atoms. The Labute approximate surface area is 167 Å². The SMILES string of the molecule is CCc1c(C)c2ccc(OCC(O)Cn3cc(CCCCl)nn3)cc2oc1=O. The molecule has 3 aromatic rings. The van der Waals surface area contributed by atoms with Crippen LogP contribution in [0.15, 0.2) is 33.6 Å². The molecule has 0 amide bonds. The molecule has 0 saturated carbocycles. The third-order valence-electron chi connectivity index (χ3n) is 4.61. The number of fused-ring (bicyclic) bond motifs is 1. The molecule has 0 aliphatic rings. The van der Waals surface area contributed by atoms with Crippen LogP contribution in [0.5, 0.6) is 5.75 Å². The summed E-state index contributed by atoms with van der Waals surface area (Å²) < 4.78 is 12.7. The maximum absolute atomic E-state index is 12.1. The molecule has 2 heterocycles.